The molecule has 1 aromatic carbocycles. The molecule has 0 amide bonds. The zero-order chi connectivity index (χ0) is 23.2. The van der Waals surface area contributed by atoms with Crippen LogP contribution in [-0.4, -0.2) is 44.0 Å². The molecule has 1 aliphatic rings. The van der Waals surface area contributed by atoms with Crippen molar-refractivity contribution in [3.8, 4) is 17.1 Å². The third kappa shape index (κ3) is 4.34. The van der Waals surface area contributed by atoms with E-state index in [-0.39, 0.29) is 11.6 Å². The second kappa shape index (κ2) is 8.44. The molecule has 1 fully saturated rings. The third-order valence-corrected chi connectivity index (χ3v) is 6.47. The first-order valence-electron chi connectivity index (χ1n) is 10.6. The Hall–Kier alpha value is -2.94. The number of nitrogens with two attached hydrogens (primary N) is 1. The van der Waals surface area contributed by atoms with Crippen molar-refractivity contribution in [3.05, 3.63) is 58.3 Å². The van der Waals surface area contributed by atoms with Gasteiger partial charge in [0.2, 0.25) is 0 Å². The van der Waals surface area contributed by atoms with Gasteiger partial charge in [0.15, 0.2) is 5.82 Å². The van der Waals surface area contributed by atoms with Crippen LogP contribution in [-0.2, 0) is 0 Å². The van der Waals surface area contributed by atoms with E-state index >= 15 is 0 Å². The van der Waals surface area contributed by atoms with Gasteiger partial charge in [-0.3, -0.25) is 10.1 Å². The normalized spacial score (nSPS) is 19.2. The molecule has 5 rings (SSSR count). The average molecular weight is 484 g/mol. The van der Waals surface area contributed by atoms with Gasteiger partial charge in [-0.2, -0.15) is 5.10 Å². The summed E-state index contributed by atoms with van der Waals surface area (Å²) >= 11 is 12.6. The summed E-state index contributed by atoms with van der Waals surface area (Å²) in [7, 11) is 0. The molecule has 0 unspecified atom stereocenters. The van der Waals surface area contributed by atoms with Gasteiger partial charge < -0.3 is 15.4 Å². The van der Waals surface area contributed by atoms with Gasteiger partial charge in [-0.05, 0) is 50.6 Å². The fourth-order valence-corrected chi connectivity index (χ4v) is 4.81. The van der Waals surface area contributed by atoms with Crippen molar-refractivity contribution in [2.75, 3.05) is 18.0 Å². The van der Waals surface area contributed by atoms with Crippen molar-refractivity contribution >= 4 is 39.9 Å². The maximum atomic E-state index is 6.28. The van der Waals surface area contributed by atoms with E-state index < -0.39 is 0 Å². The van der Waals surface area contributed by atoms with Gasteiger partial charge in [-0.1, -0.05) is 23.2 Å². The Bertz CT molecular complexity index is 1290. The van der Waals surface area contributed by atoms with Gasteiger partial charge in [0.05, 0.1) is 15.6 Å². The van der Waals surface area contributed by atoms with Crippen LogP contribution in [0.5, 0.6) is 5.75 Å². The molecule has 0 saturated carbocycles. The van der Waals surface area contributed by atoms with Gasteiger partial charge in [0.1, 0.15) is 23.2 Å². The first kappa shape index (κ1) is 21.9. The summed E-state index contributed by atoms with van der Waals surface area (Å²) in [5.41, 5.74) is 8.98. The molecule has 1 saturated heterocycles. The highest BCUT2D eigenvalue weighted by atomic mass is 35.5. The summed E-state index contributed by atoms with van der Waals surface area (Å²) in [5, 5.41) is 18.2. The summed E-state index contributed by atoms with van der Waals surface area (Å²) < 4.78 is 6.14. The number of aromatic nitrogens is 5. The van der Waals surface area contributed by atoms with E-state index in [1.807, 2.05) is 37.3 Å². The Morgan fingerprint density at radius 3 is 2.61 bits per heavy atom. The minimum absolute atomic E-state index is 0.197. The smallest absolute Gasteiger partial charge is 0.151 e. The highest BCUT2D eigenvalue weighted by Gasteiger charge is 2.30. The predicted molar refractivity (Wildman–Crippen MR) is 130 cm³/mol. The zero-order valence-electron chi connectivity index (χ0n) is 18.2. The number of fused-ring (bicyclic) bond motifs is 1. The van der Waals surface area contributed by atoms with Crippen LogP contribution in [0.2, 0.25) is 10.0 Å². The second-order valence-electron chi connectivity index (χ2n) is 8.66. The Morgan fingerprint density at radius 1 is 1.15 bits per heavy atom. The van der Waals surface area contributed by atoms with Gasteiger partial charge >= 0.3 is 0 Å². The van der Waals surface area contributed by atoms with Crippen LogP contribution in [0.4, 0.5) is 5.82 Å². The fourth-order valence-electron chi connectivity index (χ4n) is 4.13. The predicted octanol–water partition coefficient (Wildman–Crippen LogP) is 4.79. The molecule has 170 valence electrons. The van der Waals surface area contributed by atoms with Crippen molar-refractivity contribution in [2.45, 2.75) is 31.9 Å². The Morgan fingerprint density at radius 2 is 1.94 bits per heavy atom. The number of anilines is 1. The number of nitrogens with one attached hydrogen (secondary N) is 1. The maximum absolute atomic E-state index is 6.28. The van der Waals surface area contributed by atoms with E-state index in [0.29, 0.717) is 32.7 Å². The number of nitrogens with zero attached hydrogens (tertiary/aromatic N) is 5. The van der Waals surface area contributed by atoms with Crippen molar-refractivity contribution in [2.24, 2.45) is 5.73 Å². The van der Waals surface area contributed by atoms with Gasteiger partial charge in [-0.15, -0.1) is 10.2 Å². The molecule has 10 heteroatoms. The molecule has 1 aliphatic heterocycles. The molecule has 0 spiro atoms. The fraction of sp³-hybridized carbons (Fsp3) is 0.304. The SMILES string of the molecule is C[C@@H](Oc1ccc2[nH]nc(-c3ccc(N4CC[C@](C)(N)C4)nn3)c2c1)c1c(Cl)cncc1Cl. The number of pyridine rings is 1. The first-order chi connectivity index (χ1) is 15.8. The quantitative estimate of drug-likeness (QED) is 0.420. The largest absolute Gasteiger partial charge is 0.486 e. The lowest BCUT2D eigenvalue weighted by Crippen LogP contribution is -2.39. The molecular formula is C23H23Cl2N7O. The van der Waals surface area contributed by atoms with E-state index in [2.05, 4.69) is 37.2 Å². The summed E-state index contributed by atoms with van der Waals surface area (Å²) in [6.45, 7) is 5.58. The van der Waals surface area contributed by atoms with Crippen molar-refractivity contribution in [1.29, 1.82) is 0 Å². The van der Waals surface area contributed by atoms with Crippen LogP contribution < -0.4 is 15.4 Å². The second-order valence-corrected chi connectivity index (χ2v) is 9.47. The monoisotopic (exact) mass is 483 g/mol. The molecule has 2 atom stereocenters. The summed E-state index contributed by atoms with van der Waals surface area (Å²) in [6, 6.07) is 9.59. The number of halogens is 2. The van der Waals surface area contributed by atoms with E-state index in [4.69, 9.17) is 33.7 Å². The van der Waals surface area contributed by atoms with Crippen LogP contribution in [0, 0.1) is 0 Å². The lowest BCUT2D eigenvalue weighted by molar-refractivity contribution is 0.227. The minimum atomic E-state index is -0.367. The molecule has 8 nitrogen and oxygen atoms in total. The minimum Gasteiger partial charge on any atom is -0.486 e. The van der Waals surface area contributed by atoms with E-state index in [1.54, 1.807) is 12.4 Å². The summed E-state index contributed by atoms with van der Waals surface area (Å²) in [5.74, 6) is 1.47. The average Bonchev–Trinajstić information content (AvgIpc) is 3.36. The number of benzene rings is 1. The number of rotatable bonds is 5. The number of hydrogen-bond acceptors (Lipinski definition) is 7. The number of hydrogen-bond donors (Lipinski definition) is 2. The Labute approximate surface area is 201 Å². The Kier molecular flexibility index (Phi) is 5.60. The molecule has 4 aromatic rings. The molecule has 0 aliphatic carbocycles. The maximum Gasteiger partial charge on any atom is 0.151 e. The van der Waals surface area contributed by atoms with E-state index in [0.717, 1.165) is 36.2 Å². The number of H-pyrrole nitrogens is 1. The van der Waals surface area contributed by atoms with Crippen LogP contribution in [0.3, 0.4) is 0 Å². The molecule has 4 heterocycles. The molecule has 3 aromatic heterocycles. The number of aromatic amines is 1. The van der Waals surface area contributed by atoms with Crippen LogP contribution in [0.1, 0.15) is 31.9 Å². The molecule has 33 heavy (non-hydrogen) atoms. The van der Waals surface area contributed by atoms with Crippen LogP contribution in [0.15, 0.2) is 42.7 Å². The van der Waals surface area contributed by atoms with Gasteiger partial charge in [0.25, 0.3) is 0 Å². The number of ether oxygens (including phenoxy) is 1. The third-order valence-electron chi connectivity index (χ3n) is 5.87. The van der Waals surface area contributed by atoms with Crippen molar-refractivity contribution in [3.63, 3.8) is 0 Å². The zero-order valence-corrected chi connectivity index (χ0v) is 19.7. The van der Waals surface area contributed by atoms with E-state index in [9.17, 15) is 0 Å². The Balaban J connectivity index is 1.41. The highest BCUT2D eigenvalue weighted by molar-refractivity contribution is 6.35. The highest BCUT2D eigenvalue weighted by Crippen LogP contribution is 2.34. The van der Waals surface area contributed by atoms with Crippen LogP contribution >= 0.6 is 23.2 Å². The molecule has 3 N–H and O–H groups in total. The first-order valence-corrected chi connectivity index (χ1v) is 11.4. The molecule has 0 bridgehead atoms. The van der Waals surface area contributed by atoms with Crippen molar-refractivity contribution < 1.29 is 4.74 Å². The molecular weight excluding hydrogens is 461 g/mol. The lowest BCUT2D eigenvalue weighted by atomic mass is 10.0. The summed E-state index contributed by atoms with van der Waals surface area (Å²) in [4.78, 5) is 6.15. The topological polar surface area (TPSA) is 106 Å². The lowest BCUT2D eigenvalue weighted by Gasteiger charge is -2.20. The standard InChI is InChI=1S/C23H23Cl2N7O/c1-13(21-16(24)10-27-11-17(21)25)33-14-3-4-18-15(9-14)22(31-28-18)19-5-6-20(30-29-19)32-8-7-23(2,26)12-32/h3-6,9-11,13H,7-8,12,26H2,1-2H3,(H,28,31)/t13-,23+/m1/s1. The van der Waals surface area contributed by atoms with Crippen molar-refractivity contribution in [1.82, 2.24) is 25.4 Å². The van der Waals surface area contributed by atoms with Gasteiger partial charge in [0, 0.05) is 42.0 Å². The van der Waals surface area contributed by atoms with Crippen LogP contribution in [0.25, 0.3) is 22.3 Å². The van der Waals surface area contributed by atoms with Gasteiger partial charge in [-0.25, -0.2) is 0 Å². The summed E-state index contributed by atoms with van der Waals surface area (Å²) in [6.07, 6.45) is 3.67. The molecule has 0 radical (unpaired) electrons. The van der Waals surface area contributed by atoms with E-state index in [1.165, 1.54) is 0 Å².